The minimum absolute atomic E-state index is 0.0984. The summed E-state index contributed by atoms with van der Waals surface area (Å²) in [5, 5.41) is 20.4. The first kappa shape index (κ1) is 14.9. The summed E-state index contributed by atoms with van der Waals surface area (Å²) >= 11 is 5.68. The highest BCUT2D eigenvalue weighted by atomic mass is 35.5. The highest BCUT2D eigenvalue weighted by Gasteiger charge is 2.30. The summed E-state index contributed by atoms with van der Waals surface area (Å²) in [5.41, 5.74) is -0.134. The van der Waals surface area contributed by atoms with E-state index in [2.05, 4.69) is 0 Å². The molecule has 100 valence electrons. The molecule has 18 heavy (non-hydrogen) atoms. The second-order valence-corrected chi connectivity index (χ2v) is 6.74. The third kappa shape index (κ3) is 3.18. The van der Waals surface area contributed by atoms with Gasteiger partial charge in [-0.2, -0.15) is 0 Å². The SMILES string of the molecule is CCS(=O)(=O)C(Cl)C(O)c1cccc([N+](=O)[O-])c1. The Morgan fingerprint density at radius 3 is 2.61 bits per heavy atom. The van der Waals surface area contributed by atoms with Crippen molar-refractivity contribution in [2.45, 2.75) is 17.7 Å². The van der Waals surface area contributed by atoms with Gasteiger partial charge in [-0.3, -0.25) is 10.1 Å². The topological polar surface area (TPSA) is 97.5 Å². The second kappa shape index (κ2) is 5.64. The predicted molar refractivity (Wildman–Crippen MR) is 67.2 cm³/mol. The Morgan fingerprint density at radius 1 is 1.50 bits per heavy atom. The van der Waals surface area contributed by atoms with E-state index in [0.29, 0.717) is 0 Å². The van der Waals surface area contributed by atoms with Crippen LogP contribution in [0.15, 0.2) is 24.3 Å². The highest BCUT2D eigenvalue weighted by Crippen LogP contribution is 2.27. The number of nitro benzene ring substituents is 1. The Balaban J connectivity index is 3.08. The van der Waals surface area contributed by atoms with Gasteiger partial charge in [0.2, 0.25) is 0 Å². The molecule has 0 heterocycles. The fourth-order valence-corrected chi connectivity index (χ4v) is 2.72. The van der Waals surface area contributed by atoms with Gasteiger partial charge in [0.1, 0.15) is 6.10 Å². The smallest absolute Gasteiger partial charge is 0.269 e. The molecule has 0 radical (unpaired) electrons. The van der Waals surface area contributed by atoms with E-state index in [9.17, 15) is 23.6 Å². The molecule has 8 heteroatoms. The summed E-state index contributed by atoms with van der Waals surface area (Å²) in [7, 11) is -3.63. The average Bonchev–Trinajstić information content (AvgIpc) is 2.37. The Labute approximate surface area is 109 Å². The maximum absolute atomic E-state index is 11.5. The van der Waals surface area contributed by atoms with Crippen molar-refractivity contribution in [3.05, 3.63) is 39.9 Å². The molecule has 2 unspecified atom stereocenters. The summed E-state index contributed by atoms with van der Waals surface area (Å²) in [6.07, 6.45) is -1.50. The zero-order valence-corrected chi connectivity index (χ0v) is 11.1. The number of sulfone groups is 1. The number of hydrogen-bond donors (Lipinski definition) is 1. The molecule has 0 aromatic heterocycles. The fraction of sp³-hybridized carbons (Fsp3) is 0.400. The van der Waals surface area contributed by atoms with Gasteiger partial charge in [0.05, 0.1) is 4.92 Å². The largest absolute Gasteiger partial charge is 0.386 e. The van der Waals surface area contributed by atoms with E-state index >= 15 is 0 Å². The van der Waals surface area contributed by atoms with Gasteiger partial charge in [-0.25, -0.2) is 8.42 Å². The number of aliphatic hydroxyl groups is 1. The van der Waals surface area contributed by atoms with Crippen LogP contribution in [0.3, 0.4) is 0 Å². The lowest BCUT2D eigenvalue weighted by Crippen LogP contribution is -2.24. The molecule has 0 spiro atoms. The molecule has 0 aliphatic heterocycles. The first-order valence-electron chi connectivity index (χ1n) is 5.07. The van der Waals surface area contributed by atoms with Crippen LogP contribution in [0.2, 0.25) is 0 Å². The van der Waals surface area contributed by atoms with Crippen LogP contribution in [0.4, 0.5) is 5.69 Å². The average molecular weight is 294 g/mol. The van der Waals surface area contributed by atoms with Crippen LogP contribution < -0.4 is 0 Å². The van der Waals surface area contributed by atoms with Crippen molar-refractivity contribution < 1.29 is 18.4 Å². The molecular weight excluding hydrogens is 282 g/mol. The van der Waals surface area contributed by atoms with Crippen LogP contribution in [0.1, 0.15) is 18.6 Å². The first-order valence-corrected chi connectivity index (χ1v) is 7.23. The molecule has 1 N–H and O–H groups in total. The number of non-ortho nitro benzene ring substituents is 1. The molecule has 0 saturated carbocycles. The molecule has 0 bridgehead atoms. The normalized spacial score (nSPS) is 15.1. The lowest BCUT2D eigenvalue weighted by molar-refractivity contribution is -0.385. The Hall–Kier alpha value is -1.18. The summed E-state index contributed by atoms with van der Waals surface area (Å²) in [4.78, 5) is 9.94. The Kier molecular flexibility index (Phi) is 4.66. The number of alkyl halides is 1. The number of halogens is 1. The van der Waals surface area contributed by atoms with E-state index in [-0.39, 0.29) is 17.0 Å². The van der Waals surface area contributed by atoms with Gasteiger partial charge in [0.15, 0.2) is 14.5 Å². The maximum Gasteiger partial charge on any atom is 0.269 e. The lowest BCUT2D eigenvalue weighted by Gasteiger charge is -2.16. The number of hydrogen-bond acceptors (Lipinski definition) is 5. The molecule has 0 amide bonds. The molecule has 1 aromatic rings. The van der Waals surface area contributed by atoms with E-state index in [1.807, 2.05) is 0 Å². The molecule has 0 aliphatic carbocycles. The maximum atomic E-state index is 11.5. The monoisotopic (exact) mass is 293 g/mol. The Morgan fingerprint density at radius 2 is 2.11 bits per heavy atom. The van der Waals surface area contributed by atoms with Gasteiger partial charge < -0.3 is 5.11 Å². The van der Waals surface area contributed by atoms with Crippen molar-refractivity contribution in [2.24, 2.45) is 0 Å². The second-order valence-electron chi connectivity index (χ2n) is 3.60. The first-order chi connectivity index (χ1) is 8.29. The molecule has 6 nitrogen and oxygen atoms in total. The van der Waals surface area contributed by atoms with E-state index in [1.54, 1.807) is 0 Å². The van der Waals surface area contributed by atoms with Crippen molar-refractivity contribution in [2.75, 3.05) is 5.75 Å². The van der Waals surface area contributed by atoms with E-state index < -0.39 is 25.6 Å². The summed E-state index contributed by atoms with van der Waals surface area (Å²) in [6.45, 7) is 1.41. The van der Waals surface area contributed by atoms with Crippen LogP contribution in [-0.4, -0.2) is 28.9 Å². The molecule has 1 rings (SSSR count). The number of benzene rings is 1. The van der Waals surface area contributed by atoms with Crippen LogP contribution in [0.5, 0.6) is 0 Å². The summed E-state index contributed by atoms with van der Waals surface area (Å²) in [5.74, 6) is -0.215. The molecule has 0 saturated heterocycles. The van der Waals surface area contributed by atoms with Crippen LogP contribution >= 0.6 is 11.6 Å². The summed E-state index contributed by atoms with van der Waals surface area (Å²) < 4.78 is 21.5. The molecule has 0 fully saturated rings. The van der Waals surface area contributed by atoms with E-state index in [4.69, 9.17) is 11.6 Å². The number of nitrogens with zero attached hydrogens (tertiary/aromatic N) is 1. The molecule has 2 atom stereocenters. The molecule has 0 aliphatic rings. The van der Waals surface area contributed by atoms with Crippen LogP contribution in [-0.2, 0) is 9.84 Å². The quantitative estimate of drug-likeness (QED) is 0.505. The van der Waals surface area contributed by atoms with Gasteiger partial charge >= 0.3 is 0 Å². The minimum atomic E-state index is -3.63. The number of rotatable bonds is 5. The summed E-state index contributed by atoms with van der Waals surface area (Å²) in [6, 6.07) is 5.09. The fourth-order valence-electron chi connectivity index (χ4n) is 1.33. The molecule has 1 aromatic carbocycles. The highest BCUT2D eigenvalue weighted by molar-refractivity contribution is 7.93. The molecular formula is C10H12ClNO5S. The third-order valence-corrected chi connectivity index (χ3v) is 5.22. The van der Waals surface area contributed by atoms with E-state index in [0.717, 1.165) is 6.07 Å². The zero-order chi connectivity index (χ0) is 13.9. The van der Waals surface area contributed by atoms with Gasteiger partial charge in [-0.1, -0.05) is 19.1 Å². The standard InChI is InChI=1S/C10H12ClNO5S/c1-2-18(16,17)10(11)9(13)7-4-3-5-8(6-7)12(14)15/h3-6,9-10,13H,2H2,1H3. The van der Waals surface area contributed by atoms with Crippen molar-refractivity contribution >= 4 is 27.1 Å². The Bertz CT molecular complexity index is 545. The van der Waals surface area contributed by atoms with Crippen LogP contribution in [0, 0.1) is 10.1 Å². The van der Waals surface area contributed by atoms with Gasteiger partial charge in [0.25, 0.3) is 5.69 Å². The number of aliphatic hydroxyl groups excluding tert-OH is 1. The van der Waals surface area contributed by atoms with Gasteiger partial charge in [-0.15, -0.1) is 11.6 Å². The van der Waals surface area contributed by atoms with E-state index in [1.165, 1.54) is 25.1 Å². The van der Waals surface area contributed by atoms with Crippen molar-refractivity contribution in [3.8, 4) is 0 Å². The van der Waals surface area contributed by atoms with Crippen molar-refractivity contribution in [1.82, 2.24) is 0 Å². The lowest BCUT2D eigenvalue weighted by atomic mass is 10.1. The predicted octanol–water partition coefficient (Wildman–Crippen LogP) is 1.63. The van der Waals surface area contributed by atoms with Gasteiger partial charge in [0, 0.05) is 17.9 Å². The van der Waals surface area contributed by atoms with Crippen LogP contribution in [0.25, 0.3) is 0 Å². The minimum Gasteiger partial charge on any atom is -0.386 e. The van der Waals surface area contributed by atoms with Gasteiger partial charge in [-0.05, 0) is 5.56 Å². The third-order valence-electron chi connectivity index (χ3n) is 2.42. The number of nitro groups is 1. The zero-order valence-electron chi connectivity index (χ0n) is 9.48. The van der Waals surface area contributed by atoms with Crippen molar-refractivity contribution in [1.29, 1.82) is 0 Å². The van der Waals surface area contributed by atoms with Crippen molar-refractivity contribution in [3.63, 3.8) is 0 Å².